The van der Waals surface area contributed by atoms with E-state index in [9.17, 15) is 0 Å². The Balaban J connectivity index is 3.69. The molecule has 0 atom stereocenters. The monoisotopic (exact) mass is 231 g/mol. The van der Waals surface area contributed by atoms with Crippen molar-refractivity contribution in [3.63, 3.8) is 0 Å². The summed E-state index contributed by atoms with van der Waals surface area (Å²) in [5, 5.41) is 0. The highest BCUT2D eigenvalue weighted by Crippen LogP contribution is 2.13. The lowest BCUT2D eigenvalue weighted by atomic mass is 10.3. The molecule has 0 radical (unpaired) electrons. The molecule has 0 unspecified atom stereocenters. The fourth-order valence-corrected chi connectivity index (χ4v) is 3.01. The van der Waals surface area contributed by atoms with Gasteiger partial charge >= 0.3 is 0 Å². The molecule has 0 heterocycles. The molecule has 0 N–H and O–H groups in total. The van der Waals surface area contributed by atoms with Crippen molar-refractivity contribution in [2.75, 3.05) is 26.7 Å². The second kappa shape index (κ2) is 8.31. The van der Waals surface area contributed by atoms with E-state index >= 15 is 0 Å². The third kappa shape index (κ3) is 8.00. The highest BCUT2D eigenvalue weighted by molar-refractivity contribution is 6.71. The van der Waals surface area contributed by atoms with E-state index in [-0.39, 0.29) is 0 Å². The molecule has 3 heteroatoms. The molecular formula is C12H29NOSi. The average Bonchev–Trinajstić information content (AvgIpc) is 2.18. The van der Waals surface area contributed by atoms with Crippen LogP contribution in [0.25, 0.3) is 0 Å². The van der Waals surface area contributed by atoms with Crippen molar-refractivity contribution in [2.24, 2.45) is 0 Å². The lowest BCUT2D eigenvalue weighted by molar-refractivity contribution is 0.273. The molecule has 0 aromatic carbocycles. The van der Waals surface area contributed by atoms with Gasteiger partial charge in [-0.3, -0.25) is 0 Å². The van der Waals surface area contributed by atoms with Crippen LogP contribution >= 0.6 is 0 Å². The summed E-state index contributed by atoms with van der Waals surface area (Å²) in [4.78, 5) is 2.58. The minimum atomic E-state index is -1.32. The second-order valence-electron chi connectivity index (χ2n) is 4.91. The fraction of sp³-hybridized carbons (Fsp3) is 1.00. The summed E-state index contributed by atoms with van der Waals surface area (Å²) in [6.07, 6.45) is 3.84. The van der Waals surface area contributed by atoms with E-state index < -0.39 is 8.32 Å². The zero-order valence-electron chi connectivity index (χ0n) is 11.3. The van der Waals surface area contributed by atoms with Crippen LogP contribution in [0, 0.1) is 0 Å². The van der Waals surface area contributed by atoms with Crippen LogP contribution in [0.3, 0.4) is 0 Å². The van der Waals surface area contributed by atoms with Crippen LogP contribution in [0.4, 0.5) is 0 Å². The van der Waals surface area contributed by atoms with E-state index in [1.807, 2.05) is 7.11 Å². The summed E-state index contributed by atoms with van der Waals surface area (Å²) < 4.78 is 5.56. The molecule has 92 valence electrons. The van der Waals surface area contributed by atoms with Crippen LogP contribution in [0.2, 0.25) is 19.1 Å². The van der Waals surface area contributed by atoms with Gasteiger partial charge in [0.25, 0.3) is 0 Å². The van der Waals surface area contributed by atoms with Gasteiger partial charge in [0.1, 0.15) is 0 Å². The lowest BCUT2D eigenvalue weighted by Gasteiger charge is -2.24. The molecule has 0 saturated carbocycles. The Morgan fingerprint density at radius 2 is 1.53 bits per heavy atom. The first-order valence-corrected chi connectivity index (χ1v) is 9.44. The van der Waals surface area contributed by atoms with Crippen LogP contribution in [-0.2, 0) is 4.43 Å². The third-order valence-electron chi connectivity index (χ3n) is 2.89. The van der Waals surface area contributed by atoms with Gasteiger partial charge in [-0.1, -0.05) is 13.8 Å². The van der Waals surface area contributed by atoms with E-state index in [1.165, 1.54) is 44.9 Å². The Morgan fingerprint density at radius 3 is 1.93 bits per heavy atom. The highest BCUT2D eigenvalue weighted by Gasteiger charge is 2.19. The molecule has 0 aliphatic heterocycles. The molecular weight excluding hydrogens is 202 g/mol. The molecule has 0 rings (SSSR count). The number of hydrogen-bond acceptors (Lipinski definition) is 2. The summed E-state index contributed by atoms with van der Waals surface area (Å²) in [6.45, 7) is 12.9. The topological polar surface area (TPSA) is 12.5 Å². The molecule has 0 aliphatic rings. The number of rotatable bonds is 9. The van der Waals surface area contributed by atoms with Gasteiger partial charge in [-0.15, -0.1) is 0 Å². The Bertz CT molecular complexity index is 145. The third-order valence-corrected chi connectivity index (χ3v) is 5.55. The second-order valence-corrected chi connectivity index (χ2v) is 9.34. The van der Waals surface area contributed by atoms with E-state index in [4.69, 9.17) is 4.43 Å². The quantitative estimate of drug-likeness (QED) is 0.564. The van der Waals surface area contributed by atoms with Gasteiger partial charge in [-0.25, -0.2) is 0 Å². The largest absolute Gasteiger partial charge is 0.420 e. The van der Waals surface area contributed by atoms with Crippen molar-refractivity contribution in [3.05, 3.63) is 0 Å². The van der Waals surface area contributed by atoms with Crippen molar-refractivity contribution in [1.29, 1.82) is 0 Å². The Kier molecular flexibility index (Phi) is 8.38. The van der Waals surface area contributed by atoms with Crippen molar-refractivity contribution in [3.8, 4) is 0 Å². The molecule has 0 amide bonds. The van der Waals surface area contributed by atoms with Gasteiger partial charge in [0, 0.05) is 7.11 Å². The lowest BCUT2D eigenvalue weighted by Crippen LogP contribution is -2.32. The molecule has 0 bridgehead atoms. The van der Waals surface area contributed by atoms with Crippen molar-refractivity contribution in [1.82, 2.24) is 4.90 Å². The Morgan fingerprint density at radius 1 is 1.00 bits per heavy atom. The number of nitrogens with zero attached hydrogens (tertiary/aromatic N) is 1. The van der Waals surface area contributed by atoms with Gasteiger partial charge in [-0.05, 0) is 58.0 Å². The summed E-state index contributed by atoms with van der Waals surface area (Å²) >= 11 is 0. The Labute approximate surface area is 97.1 Å². The highest BCUT2D eigenvalue weighted by atomic mass is 28.4. The van der Waals surface area contributed by atoms with Crippen molar-refractivity contribution >= 4 is 8.32 Å². The van der Waals surface area contributed by atoms with Crippen LogP contribution in [0.15, 0.2) is 0 Å². The van der Waals surface area contributed by atoms with Gasteiger partial charge < -0.3 is 9.33 Å². The molecule has 2 nitrogen and oxygen atoms in total. The zero-order valence-corrected chi connectivity index (χ0v) is 12.3. The van der Waals surface area contributed by atoms with Gasteiger partial charge in [0.15, 0.2) is 8.32 Å². The van der Waals surface area contributed by atoms with Crippen molar-refractivity contribution < 1.29 is 4.43 Å². The maximum Gasteiger partial charge on any atom is 0.186 e. The summed E-state index contributed by atoms with van der Waals surface area (Å²) in [6, 6.07) is 1.29. The summed E-state index contributed by atoms with van der Waals surface area (Å²) in [5.41, 5.74) is 0. The minimum absolute atomic E-state index is 1.25. The molecule has 15 heavy (non-hydrogen) atoms. The molecule has 0 fully saturated rings. The maximum atomic E-state index is 5.56. The first kappa shape index (κ1) is 15.1. The van der Waals surface area contributed by atoms with Gasteiger partial charge in [0.2, 0.25) is 0 Å². The normalized spacial score (nSPS) is 12.4. The minimum Gasteiger partial charge on any atom is -0.420 e. The van der Waals surface area contributed by atoms with Gasteiger partial charge in [-0.2, -0.15) is 0 Å². The van der Waals surface area contributed by atoms with Gasteiger partial charge in [0.05, 0.1) is 0 Å². The maximum absolute atomic E-state index is 5.56. The molecule has 0 aliphatic carbocycles. The van der Waals surface area contributed by atoms with Crippen LogP contribution in [0.1, 0.15) is 33.1 Å². The zero-order chi connectivity index (χ0) is 11.7. The predicted octanol–water partition coefficient (Wildman–Crippen LogP) is 3.35. The number of hydrogen-bond donors (Lipinski definition) is 0. The predicted molar refractivity (Wildman–Crippen MR) is 70.9 cm³/mol. The summed E-state index contributed by atoms with van der Waals surface area (Å²) in [7, 11) is 0.546. The Hall–Kier alpha value is 0.137. The molecule has 0 aromatic heterocycles. The van der Waals surface area contributed by atoms with E-state index in [1.54, 1.807) is 0 Å². The first-order chi connectivity index (χ1) is 7.05. The average molecular weight is 231 g/mol. The van der Waals surface area contributed by atoms with E-state index in [2.05, 4.69) is 31.8 Å². The molecule has 0 spiro atoms. The summed E-state index contributed by atoms with van der Waals surface area (Å²) in [5.74, 6) is 0. The van der Waals surface area contributed by atoms with E-state index in [0.717, 1.165) is 0 Å². The smallest absolute Gasteiger partial charge is 0.186 e. The van der Waals surface area contributed by atoms with Crippen molar-refractivity contribution in [2.45, 2.75) is 52.2 Å². The fourth-order valence-electron chi connectivity index (χ4n) is 1.80. The van der Waals surface area contributed by atoms with E-state index in [0.29, 0.717) is 0 Å². The standard InChI is InChI=1S/C12H29NOSi/c1-6-9-13(10-7-2)11-8-12-15(4,5)14-3/h6-12H2,1-5H3. The first-order valence-electron chi connectivity index (χ1n) is 6.33. The molecule has 0 aromatic rings. The van der Waals surface area contributed by atoms with Crippen LogP contribution in [0.5, 0.6) is 0 Å². The SMILES string of the molecule is CCCN(CCC)CCC[Si](C)(C)OC. The van der Waals surface area contributed by atoms with Crippen LogP contribution < -0.4 is 0 Å². The van der Waals surface area contributed by atoms with Crippen LogP contribution in [-0.4, -0.2) is 40.0 Å². The molecule has 0 saturated heterocycles.